The van der Waals surface area contributed by atoms with Gasteiger partial charge in [0, 0.05) is 31.7 Å². The Morgan fingerprint density at radius 1 is 1.00 bits per heavy atom. The molecule has 2 aliphatic rings. The Labute approximate surface area is 132 Å². The van der Waals surface area contributed by atoms with Crippen molar-refractivity contribution in [3.8, 4) is 0 Å². The van der Waals surface area contributed by atoms with E-state index in [1.807, 2.05) is 6.92 Å². The Kier molecular flexibility index (Phi) is 4.23. The van der Waals surface area contributed by atoms with Crippen molar-refractivity contribution in [3.05, 3.63) is 29.3 Å². The molecule has 22 heavy (non-hydrogen) atoms. The van der Waals surface area contributed by atoms with Gasteiger partial charge in [0.15, 0.2) is 0 Å². The van der Waals surface area contributed by atoms with Crippen LogP contribution < -0.4 is 0 Å². The minimum atomic E-state index is -3.49. The summed E-state index contributed by atoms with van der Waals surface area (Å²) in [5.74, 6) is -0.0561. The maximum atomic E-state index is 12.7. The number of likely N-dealkylation sites (tertiary alicyclic amines) is 1. The van der Waals surface area contributed by atoms with Gasteiger partial charge in [0.2, 0.25) is 10.0 Å². The Morgan fingerprint density at radius 3 is 2.27 bits per heavy atom. The lowest BCUT2D eigenvalue weighted by molar-refractivity contribution is 0.0651. The number of sulfonamides is 1. The van der Waals surface area contributed by atoms with Crippen LogP contribution in [0.5, 0.6) is 0 Å². The van der Waals surface area contributed by atoms with Crippen LogP contribution in [-0.4, -0.2) is 49.7 Å². The van der Waals surface area contributed by atoms with Crippen LogP contribution >= 0.6 is 0 Å². The Bertz CT molecular complexity index is 675. The highest BCUT2D eigenvalue weighted by Gasteiger charge is 2.28. The number of benzene rings is 1. The quantitative estimate of drug-likeness (QED) is 0.855. The summed E-state index contributed by atoms with van der Waals surface area (Å²) in [7, 11) is -3.49. The third-order valence-corrected chi connectivity index (χ3v) is 6.43. The summed E-state index contributed by atoms with van der Waals surface area (Å²) in [4.78, 5) is 14.4. The molecule has 2 heterocycles. The van der Waals surface area contributed by atoms with E-state index >= 15 is 0 Å². The summed E-state index contributed by atoms with van der Waals surface area (Å²) < 4.78 is 27.0. The molecule has 0 saturated carbocycles. The fourth-order valence-electron chi connectivity index (χ4n) is 2.94. The highest BCUT2D eigenvalue weighted by molar-refractivity contribution is 7.89. The predicted octanol–water partition coefficient (Wildman–Crippen LogP) is 2.02. The molecule has 1 aromatic carbocycles. The molecule has 0 spiro atoms. The van der Waals surface area contributed by atoms with Gasteiger partial charge in [-0.15, -0.1) is 0 Å². The number of rotatable bonds is 3. The molecule has 2 aliphatic heterocycles. The van der Waals surface area contributed by atoms with Gasteiger partial charge < -0.3 is 4.90 Å². The van der Waals surface area contributed by atoms with E-state index in [-0.39, 0.29) is 10.8 Å². The largest absolute Gasteiger partial charge is 0.339 e. The van der Waals surface area contributed by atoms with Crippen LogP contribution in [0.25, 0.3) is 0 Å². The molecule has 6 heteroatoms. The SMILES string of the molecule is Cc1ccc(S(=O)(=O)N2CCCCC2)cc1C(=O)N1CCC1. The molecule has 0 atom stereocenters. The van der Waals surface area contributed by atoms with Crippen molar-refractivity contribution in [1.29, 1.82) is 0 Å². The van der Waals surface area contributed by atoms with Crippen LogP contribution in [0.3, 0.4) is 0 Å². The lowest BCUT2D eigenvalue weighted by Gasteiger charge is -2.31. The normalized spacial score (nSPS) is 19.8. The van der Waals surface area contributed by atoms with Crippen LogP contribution in [0.4, 0.5) is 0 Å². The number of nitrogens with zero attached hydrogens (tertiary/aromatic N) is 2. The Balaban J connectivity index is 1.92. The van der Waals surface area contributed by atoms with E-state index in [9.17, 15) is 13.2 Å². The van der Waals surface area contributed by atoms with Crippen LogP contribution in [0, 0.1) is 6.92 Å². The zero-order valence-corrected chi connectivity index (χ0v) is 13.7. The second kappa shape index (κ2) is 6.01. The molecule has 1 amide bonds. The molecule has 0 bridgehead atoms. The molecule has 1 aromatic rings. The first-order chi connectivity index (χ1) is 10.5. The van der Waals surface area contributed by atoms with Crippen LogP contribution in [0.1, 0.15) is 41.6 Å². The first kappa shape index (κ1) is 15.5. The maximum Gasteiger partial charge on any atom is 0.254 e. The van der Waals surface area contributed by atoms with E-state index in [0.717, 1.165) is 44.3 Å². The third-order valence-electron chi connectivity index (χ3n) is 4.54. The van der Waals surface area contributed by atoms with E-state index in [2.05, 4.69) is 0 Å². The summed E-state index contributed by atoms with van der Waals surface area (Å²) in [5.41, 5.74) is 1.34. The number of carbonyl (C=O) groups is 1. The zero-order chi connectivity index (χ0) is 15.7. The summed E-state index contributed by atoms with van der Waals surface area (Å²) in [5, 5.41) is 0. The van der Waals surface area contributed by atoms with Crippen molar-refractivity contribution in [2.75, 3.05) is 26.2 Å². The number of hydrogen-bond donors (Lipinski definition) is 0. The Morgan fingerprint density at radius 2 is 1.68 bits per heavy atom. The van der Waals surface area contributed by atoms with Crippen molar-refractivity contribution in [2.24, 2.45) is 0 Å². The van der Waals surface area contributed by atoms with Crippen molar-refractivity contribution in [2.45, 2.75) is 37.5 Å². The lowest BCUT2D eigenvalue weighted by atomic mass is 10.1. The molecule has 0 aliphatic carbocycles. The molecule has 2 fully saturated rings. The van der Waals surface area contributed by atoms with E-state index in [4.69, 9.17) is 0 Å². The predicted molar refractivity (Wildman–Crippen MR) is 84.3 cm³/mol. The van der Waals surface area contributed by atoms with E-state index in [0.29, 0.717) is 18.7 Å². The molecule has 2 saturated heterocycles. The number of hydrogen-bond acceptors (Lipinski definition) is 3. The second-order valence-corrected chi connectivity index (χ2v) is 8.03. The molecular formula is C16H22N2O3S. The van der Waals surface area contributed by atoms with Crippen LogP contribution in [0.15, 0.2) is 23.1 Å². The van der Waals surface area contributed by atoms with Crippen molar-refractivity contribution < 1.29 is 13.2 Å². The monoisotopic (exact) mass is 322 g/mol. The molecular weight excluding hydrogens is 300 g/mol. The minimum absolute atomic E-state index is 0.0561. The average molecular weight is 322 g/mol. The van der Waals surface area contributed by atoms with E-state index in [1.54, 1.807) is 27.4 Å². The second-order valence-electron chi connectivity index (χ2n) is 6.09. The number of aryl methyl sites for hydroxylation is 1. The van der Waals surface area contributed by atoms with Gasteiger partial charge in [0.25, 0.3) is 5.91 Å². The molecule has 0 aromatic heterocycles. The van der Waals surface area contributed by atoms with Gasteiger partial charge in [-0.3, -0.25) is 4.79 Å². The van der Waals surface area contributed by atoms with Gasteiger partial charge in [-0.05, 0) is 43.9 Å². The summed E-state index contributed by atoms with van der Waals surface area (Å²) >= 11 is 0. The Hall–Kier alpha value is -1.40. The van der Waals surface area contributed by atoms with Crippen molar-refractivity contribution in [3.63, 3.8) is 0 Å². The first-order valence-corrected chi connectivity index (χ1v) is 9.34. The van der Waals surface area contributed by atoms with Crippen LogP contribution in [-0.2, 0) is 10.0 Å². The summed E-state index contributed by atoms with van der Waals surface area (Å²) in [6.45, 7) is 4.53. The highest BCUT2D eigenvalue weighted by atomic mass is 32.2. The molecule has 5 nitrogen and oxygen atoms in total. The molecule has 3 rings (SSSR count). The smallest absolute Gasteiger partial charge is 0.254 e. The maximum absolute atomic E-state index is 12.7. The standard InChI is InChI=1S/C16H22N2O3S/c1-13-6-7-14(12-15(13)16(19)17-8-5-9-17)22(20,21)18-10-3-2-4-11-18/h6-7,12H,2-5,8-11H2,1H3. The third kappa shape index (κ3) is 2.77. The van der Waals surface area contributed by atoms with Gasteiger partial charge in [-0.1, -0.05) is 12.5 Å². The highest BCUT2D eigenvalue weighted by Crippen LogP contribution is 2.24. The van der Waals surface area contributed by atoms with Gasteiger partial charge in [0.1, 0.15) is 0 Å². The lowest BCUT2D eigenvalue weighted by Crippen LogP contribution is -2.42. The van der Waals surface area contributed by atoms with E-state index in [1.165, 1.54) is 0 Å². The van der Waals surface area contributed by atoms with Crippen molar-refractivity contribution >= 4 is 15.9 Å². The zero-order valence-electron chi connectivity index (χ0n) is 12.9. The fourth-order valence-corrected chi connectivity index (χ4v) is 4.48. The van der Waals surface area contributed by atoms with Crippen LogP contribution in [0.2, 0.25) is 0 Å². The first-order valence-electron chi connectivity index (χ1n) is 7.90. The van der Waals surface area contributed by atoms with Gasteiger partial charge >= 0.3 is 0 Å². The molecule has 0 N–H and O–H groups in total. The topological polar surface area (TPSA) is 57.7 Å². The minimum Gasteiger partial charge on any atom is -0.339 e. The van der Waals surface area contributed by atoms with E-state index < -0.39 is 10.0 Å². The summed E-state index contributed by atoms with van der Waals surface area (Å²) in [6, 6.07) is 4.91. The number of piperidine rings is 1. The van der Waals surface area contributed by atoms with Crippen molar-refractivity contribution in [1.82, 2.24) is 9.21 Å². The fraction of sp³-hybridized carbons (Fsp3) is 0.562. The van der Waals surface area contributed by atoms with Gasteiger partial charge in [-0.25, -0.2) is 8.42 Å². The molecule has 0 radical (unpaired) electrons. The molecule has 120 valence electrons. The number of amides is 1. The average Bonchev–Trinajstić information content (AvgIpc) is 2.46. The van der Waals surface area contributed by atoms with Gasteiger partial charge in [-0.2, -0.15) is 4.31 Å². The summed E-state index contributed by atoms with van der Waals surface area (Å²) in [6.07, 6.45) is 3.92. The van der Waals surface area contributed by atoms with Gasteiger partial charge in [0.05, 0.1) is 4.90 Å². The molecule has 0 unspecified atom stereocenters. The number of carbonyl (C=O) groups excluding carboxylic acids is 1.